The monoisotopic (exact) mass is 252 g/mol. The molecule has 1 aliphatic rings. The van der Waals surface area contributed by atoms with E-state index in [0.717, 1.165) is 25.9 Å². The molecule has 0 saturated carbocycles. The number of carboxylic acid groups (broad SMARTS) is 1. The summed E-state index contributed by atoms with van der Waals surface area (Å²) in [4.78, 5) is 13.2. The van der Waals surface area contributed by atoms with E-state index in [1.54, 1.807) is 0 Å². The van der Waals surface area contributed by atoms with Crippen LogP contribution in [0.3, 0.4) is 0 Å². The molecular formula is C13H17FN2O2. The number of anilines is 2. The summed E-state index contributed by atoms with van der Waals surface area (Å²) < 4.78 is 13.3. The van der Waals surface area contributed by atoms with Gasteiger partial charge in [0.1, 0.15) is 11.4 Å². The molecule has 5 heteroatoms. The number of aromatic carboxylic acids is 1. The van der Waals surface area contributed by atoms with Gasteiger partial charge in [0.05, 0.1) is 11.4 Å². The Balaban J connectivity index is 2.39. The molecule has 18 heavy (non-hydrogen) atoms. The molecule has 1 aromatic rings. The topological polar surface area (TPSA) is 66.6 Å². The van der Waals surface area contributed by atoms with Gasteiger partial charge >= 0.3 is 5.97 Å². The summed E-state index contributed by atoms with van der Waals surface area (Å²) in [6.45, 7) is 3.72. The summed E-state index contributed by atoms with van der Waals surface area (Å²) >= 11 is 0. The summed E-state index contributed by atoms with van der Waals surface area (Å²) in [5.41, 5.74) is 5.67. The highest BCUT2D eigenvalue weighted by Crippen LogP contribution is 2.32. The molecule has 3 N–H and O–H groups in total. The molecule has 1 saturated heterocycles. The van der Waals surface area contributed by atoms with E-state index in [1.807, 2.05) is 4.90 Å². The quantitative estimate of drug-likeness (QED) is 0.810. The predicted molar refractivity (Wildman–Crippen MR) is 68.4 cm³/mol. The van der Waals surface area contributed by atoms with Gasteiger partial charge in [-0.15, -0.1) is 0 Å². The highest BCUT2D eigenvalue weighted by molar-refractivity contribution is 6.00. The van der Waals surface area contributed by atoms with Gasteiger partial charge in [0.2, 0.25) is 0 Å². The van der Waals surface area contributed by atoms with Crippen LogP contribution in [0.2, 0.25) is 0 Å². The lowest BCUT2D eigenvalue weighted by Gasteiger charge is -2.21. The zero-order valence-corrected chi connectivity index (χ0v) is 10.3. The van der Waals surface area contributed by atoms with E-state index in [2.05, 4.69) is 6.92 Å². The molecule has 0 amide bonds. The summed E-state index contributed by atoms with van der Waals surface area (Å²) in [5.74, 6) is -1.29. The number of carboxylic acids is 1. The van der Waals surface area contributed by atoms with Gasteiger partial charge in [-0.1, -0.05) is 13.3 Å². The molecule has 0 aromatic heterocycles. The minimum Gasteiger partial charge on any atom is -0.478 e. The van der Waals surface area contributed by atoms with E-state index in [4.69, 9.17) is 5.73 Å². The van der Waals surface area contributed by atoms with Crippen LogP contribution in [0.1, 0.15) is 30.1 Å². The second-order valence-corrected chi connectivity index (χ2v) is 4.67. The average molecular weight is 252 g/mol. The lowest BCUT2D eigenvalue weighted by atomic mass is 10.1. The maximum atomic E-state index is 13.3. The molecule has 0 bridgehead atoms. The number of rotatable bonds is 3. The average Bonchev–Trinajstić information content (AvgIpc) is 2.80. The van der Waals surface area contributed by atoms with Gasteiger partial charge in [-0.3, -0.25) is 0 Å². The first-order valence-electron chi connectivity index (χ1n) is 6.10. The number of benzene rings is 1. The Labute approximate surface area is 105 Å². The van der Waals surface area contributed by atoms with E-state index < -0.39 is 11.8 Å². The minimum atomic E-state index is -1.18. The standard InChI is InChI=1S/C13H17FN2O2/c1-2-8-5-6-16(7-8)10-4-3-9(14)12(15)11(10)13(17)18/h3-4,8H,2,5-7,15H2,1H3,(H,17,18). The molecule has 1 atom stereocenters. The number of nitrogen functional groups attached to an aromatic ring is 1. The first kappa shape index (κ1) is 12.7. The van der Waals surface area contributed by atoms with Crippen LogP contribution < -0.4 is 10.6 Å². The van der Waals surface area contributed by atoms with Crippen molar-refractivity contribution in [3.05, 3.63) is 23.5 Å². The summed E-state index contributed by atoms with van der Waals surface area (Å²) in [5, 5.41) is 9.18. The van der Waals surface area contributed by atoms with Crippen molar-refractivity contribution < 1.29 is 14.3 Å². The van der Waals surface area contributed by atoms with E-state index in [0.29, 0.717) is 11.6 Å². The van der Waals surface area contributed by atoms with Crippen LogP contribution in [0, 0.1) is 11.7 Å². The highest BCUT2D eigenvalue weighted by atomic mass is 19.1. The number of hydrogen-bond donors (Lipinski definition) is 2. The van der Waals surface area contributed by atoms with Crippen molar-refractivity contribution in [3.8, 4) is 0 Å². The van der Waals surface area contributed by atoms with Gasteiger partial charge in [-0.25, -0.2) is 9.18 Å². The van der Waals surface area contributed by atoms with E-state index in [1.165, 1.54) is 12.1 Å². The van der Waals surface area contributed by atoms with Gasteiger partial charge in [0.25, 0.3) is 0 Å². The Bertz CT molecular complexity index is 476. The summed E-state index contributed by atoms with van der Waals surface area (Å²) in [7, 11) is 0. The largest absolute Gasteiger partial charge is 0.478 e. The van der Waals surface area contributed by atoms with E-state index in [9.17, 15) is 14.3 Å². The molecule has 1 fully saturated rings. The fourth-order valence-corrected chi connectivity index (χ4v) is 2.46. The summed E-state index contributed by atoms with van der Waals surface area (Å²) in [6.07, 6.45) is 2.10. The zero-order valence-electron chi connectivity index (χ0n) is 10.3. The number of nitrogens with zero attached hydrogens (tertiary/aromatic N) is 1. The van der Waals surface area contributed by atoms with E-state index >= 15 is 0 Å². The van der Waals surface area contributed by atoms with Gasteiger partial charge in [-0.2, -0.15) is 0 Å². The normalized spacial score (nSPS) is 19.2. The smallest absolute Gasteiger partial charge is 0.340 e. The molecule has 1 aromatic carbocycles. The van der Waals surface area contributed by atoms with Crippen LogP contribution in [-0.4, -0.2) is 24.2 Å². The van der Waals surface area contributed by atoms with Crippen LogP contribution in [-0.2, 0) is 0 Å². The predicted octanol–water partition coefficient (Wildman–Crippen LogP) is 2.34. The molecule has 1 heterocycles. The van der Waals surface area contributed by atoms with Crippen molar-refractivity contribution in [2.75, 3.05) is 23.7 Å². The lowest BCUT2D eigenvalue weighted by molar-refractivity contribution is 0.0698. The van der Waals surface area contributed by atoms with Crippen LogP contribution in [0.15, 0.2) is 12.1 Å². The fraction of sp³-hybridized carbons (Fsp3) is 0.462. The van der Waals surface area contributed by atoms with Crippen LogP contribution in [0.25, 0.3) is 0 Å². The first-order chi connectivity index (χ1) is 8.54. The molecule has 4 nitrogen and oxygen atoms in total. The maximum Gasteiger partial charge on any atom is 0.340 e. The van der Waals surface area contributed by atoms with Crippen molar-refractivity contribution in [2.24, 2.45) is 5.92 Å². The number of halogens is 1. The molecule has 1 unspecified atom stereocenters. The molecule has 1 aliphatic heterocycles. The Kier molecular flexibility index (Phi) is 3.41. The third-order valence-corrected chi connectivity index (χ3v) is 3.59. The third-order valence-electron chi connectivity index (χ3n) is 3.59. The van der Waals surface area contributed by atoms with Crippen LogP contribution in [0.5, 0.6) is 0 Å². The Morgan fingerprint density at radius 1 is 1.61 bits per heavy atom. The number of hydrogen-bond acceptors (Lipinski definition) is 3. The van der Waals surface area contributed by atoms with Crippen molar-refractivity contribution in [1.82, 2.24) is 0 Å². The Morgan fingerprint density at radius 2 is 2.33 bits per heavy atom. The lowest BCUT2D eigenvalue weighted by Crippen LogP contribution is -2.23. The minimum absolute atomic E-state index is 0.119. The molecule has 0 radical (unpaired) electrons. The van der Waals surface area contributed by atoms with Crippen molar-refractivity contribution in [1.29, 1.82) is 0 Å². The maximum absolute atomic E-state index is 13.3. The molecular weight excluding hydrogens is 235 g/mol. The number of nitrogens with two attached hydrogens (primary N) is 1. The first-order valence-corrected chi connectivity index (χ1v) is 6.10. The van der Waals surface area contributed by atoms with Gasteiger partial charge < -0.3 is 15.7 Å². The van der Waals surface area contributed by atoms with Gasteiger partial charge in [0, 0.05) is 13.1 Å². The zero-order chi connectivity index (χ0) is 13.3. The molecule has 0 aliphatic carbocycles. The molecule has 2 rings (SSSR count). The molecule has 0 spiro atoms. The van der Waals surface area contributed by atoms with Crippen molar-refractivity contribution in [2.45, 2.75) is 19.8 Å². The third kappa shape index (κ3) is 2.12. The van der Waals surface area contributed by atoms with Crippen LogP contribution in [0.4, 0.5) is 15.8 Å². The van der Waals surface area contributed by atoms with Gasteiger partial charge in [-0.05, 0) is 24.5 Å². The second kappa shape index (κ2) is 4.84. The van der Waals surface area contributed by atoms with E-state index in [-0.39, 0.29) is 11.3 Å². The fourth-order valence-electron chi connectivity index (χ4n) is 2.46. The van der Waals surface area contributed by atoms with Crippen molar-refractivity contribution in [3.63, 3.8) is 0 Å². The summed E-state index contributed by atoms with van der Waals surface area (Å²) in [6, 6.07) is 2.74. The van der Waals surface area contributed by atoms with Gasteiger partial charge in [0.15, 0.2) is 0 Å². The number of carbonyl (C=O) groups is 1. The Hall–Kier alpha value is -1.78. The SMILES string of the molecule is CCC1CCN(c2ccc(F)c(N)c2C(=O)O)C1. The second-order valence-electron chi connectivity index (χ2n) is 4.67. The van der Waals surface area contributed by atoms with Crippen molar-refractivity contribution >= 4 is 17.3 Å². The molecule has 98 valence electrons. The van der Waals surface area contributed by atoms with Crippen LogP contribution >= 0.6 is 0 Å². The highest BCUT2D eigenvalue weighted by Gasteiger charge is 2.26. The Morgan fingerprint density at radius 3 is 2.89 bits per heavy atom.